The van der Waals surface area contributed by atoms with E-state index in [-0.39, 0.29) is 17.9 Å². The van der Waals surface area contributed by atoms with Crippen molar-refractivity contribution in [2.45, 2.75) is 25.4 Å². The predicted octanol–water partition coefficient (Wildman–Crippen LogP) is 3.79. The molecule has 7 heteroatoms. The molecule has 0 spiro atoms. The quantitative estimate of drug-likeness (QED) is 0.734. The number of fused-ring (bicyclic) bond motifs is 1. The van der Waals surface area contributed by atoms with E-state index in [4.69, 9.17) is 25.8 Å². The van der Waals surface area contributed by atoms with Gasteiger partial charge in [0.2, 0.25) is 5.91 Å². The maximum atomic E-state index is 12.6. The van der Waals surface area contributed by atoms with Crippen molar-refractivity contribution in [3.63, 3.8) is 0 Å². The van der Waals surface area contributed by atoms with E-state index in [1.54, 1.807) is 14.2 Å². The van der Waals surface area contributed by atoms with Gasteiger partial charge in [-0.05, 0) is 62.3 Å². The number of nitrogens with zero attached hydrogens (tertiary/aromatic N) is 1. The number of ether oxygens (including phenoxy) is 3. The van der Waals surface area contributed by atoms with Crippen molar-refractivity contribution in [1.82, 2.24) is 10.2 Å². The van der Waals surface area contributed by atoms with Crippen LogP contribution in [0.15, 0.2) is 30.3 Å². The Bertz CT molecular complexity index is 965. The lowest BCUT2D eigenvalue weighted by Gasteiger charge is -2.29. The van der Waals surface area contributed by atoms with E-state index >= 15 is 0 Å². The highest BCUT2D eigenvalue weighted by Crippen LogP contribution is 2.42. The van der Waals surface area contributed by atoms with Gasteiger partial charge in [-0.3, -0.25) is 4.79 Å². The number of nitrogens with one attached hydrogen (secondary N) is 1. The van der Waals surface area contributed by atoms with Gasteiger partial charge in [-0.25, -0.2) is 0 Å². The maximum Gasteiger partial charge on any atom is 0.224 e. The smallest absolute Gasteiger partial charge is 0.224 e. The molecule has 2 atom stereocenters. The summed E-state index contributed by atoms with van der Waals surface area (Å²) in [6.45, 7) is 2.35. The standard InChI is InChI=1S/C24H29ClN2O4/c1-27-8-4-5-15(14-27)24(28)26-13-19-10-17-9-16(11-21(25)23(17)31-19)20-12-18(29-2)6-7-22(20)30-3/h6-7,9,11-12,15,19H,4-5,8,10,13-14H2,1-3H3,(H,26,28). The Morgan fingerprint density at radius 2 is 2.10 bits per heavy atom. The molecule has 2 aliphatic rings. The number of hydrogen-bond acceptors (Lipinski definition) is 5. The molecule has 2 aromatic rings. The zero-order valence-electron chi connectivity index (χ0n) is 18.2. The highest BCUT2D eigenvalue weighted by molar-refractivity contribution is 6.32. The van der Waals surface area contributed by atoms with Gasteiger partial charge < -0.3 is 24.4 Å². The van der Waals surface area contributed by atoms with E-state index in [9.17, 15) is 4.79 Å². The van der Waals surface area contributed by atoms with Crippen LogP contribution in [-0.4, -0.2) is 57.8 Å². The first-order chi connectivity index (χ1) is 15.0. The molecule has 1 fully saturated rings. The summed E-state index contributed by atoms with van der Waals surface area (Å²) in [5.74, 6) is 2.36. The van der Waals surface area contributed by atoms with Crippen LogP contribution in [0.5, 0.6) is 17.2 Å². The molecule has 2 aromatic carbocycles. The number of amides is 1. The van der Waals surface area contributed by atoms with Gasteiger partial charge in [-0.2, -0.15) is 0 Å². The topological polar surface area (TPSA) is 60.0 Å². The Morgan fingerprint density at radius 3 is 2.84 bits per heavy atom. The Balaban J connectivity index is 1.46. The maximum absolute atomic E-state index is 12.6. The van der Waals surface area contributed by atoms with Crippen LogP contribution < -0.4 is 19.5 Å². The SMILES string of the molecule is COc1ccc(OC)c(-c2cc(Cl)c3c(c2)CC(CNC(=O)C2CCCN(C)C2)O3)c1. The van der Waals surface area contributed by atoms with E-state index in [0.29, 0.717) is 23.7 Å². The number of carbonyl (C=O) groups is 1. The molecule has 0 saturated carbocycles. The summed E-state index contributed by atoms with van der Waals surface area (Å²) in [5.41, 5.74) is 2.88. The largest absolute Gasteiger partial charge is 0.497 e. The molecule has 6 nitrogen and oxygen atoms in total. The molecule has 4 rings (SSSR count). The van der Waals surface area contributed by atoms with Gasteiger partial charge in [0.1, 0.15) is 23.4 Å². The molecule has 0 aromatic heterocycles. The molecule has 2 unspecified atom stereocenters. The highest BCUT2D eigenvalue weighted by Gasteiger charge is 2.29. The third kappa shape index (κ3) is 4.75. The van der Waals surface area contributed by atoms with Crippen molar-refractivity contribution in [1.29, 1.82) is 0 Å². The molecule has 0 radical (unpaired) electrons. The van der Waals surface area contributed by atoms with Crippen molar-refractivity contribution >= 4 is 17.5 Å². The van der Waals surface area contributed by atoms with Gasteiger partial charge in [0, 0.05) is 24.1 Å². The summed E-state index contributed by atoms with van der Waals surface area (Å²) < 4.78 is 17.0. The fourth-order valence-electron chi connectivity index (χ4n) is 4.44. The number of halogens is 1. The van der Waals surface area contributed by atoms with Crippen LogP contribution >= 0.6 is 11.6 Å². The molecule has 0 bridgehead atoms. The Morgan fingerprint density at radius 1 is 1.26 bits per heavy atom. The minimum Gasteiger partial charge on any atom is -0.497 e. The number of carbonyl (C=O) groups excluding carboxylic acids is 1. The van der Waals surface area contributed by atoms with Gasteiger partial charge in [0.15, 0.2) is 0 Å². The highest BCUT2D eigenvalue weighted by atomic mass is 35.5. The third-order valence-electron chi connectivity index (χ3n) is 6.07. The Hall–Kier alpha value is -2.44. The van der Waals surface area contributed by atoms with Crippen LogP contribution in [0.25, 0.3) is 11.1 Å². The molecule has 166 valence electrons. The first kappa shape index (κ1) is 21.8. The molecule has 1 saturated heterocycles. The third-order valence-corrected chi connectivity index (χ3v) is 6.35. The lowest BCUT2D eigenvalue weighted by atomic mass is 9.97. The van der Waals surface area contributed by atoms with Crippen molar-refractivity contribution < 1.29 is 19.0 Å². The average molecular weight is 445 g/mol. The van der Waals surface area contributed by atoms with E-state index in [0.717, 1.165) is 54.1 Å². The second kappa shape index (κ2) is 9.37. The van der Waals surface area contributed by atoms with Gasteiger partial charge in [-0.15, -0.1) is 0 Å². The molecule has 1 amide bonds. The number of likely N-dealkylation sites (tertiary alicyclic amines) is 1. The average Bonchev–Trinajstić information content (AvgIpc) is 3.20. The van der Waals surface area contributed by atoms with Crippen LogP contribution in [0.2, 0.25) is 5.02 Å². The minimum atomic E-state index is -0.125. The van der Waals surface area contributed by atoms with E-state index in [1.807, 2.05) is 24.3 Å². The predicted molar refractivity (Wildman–Crippen MR) is 121 cm³/mol. The zero-order chi connectivity index (χ0) is 22.0. The molecule has 2 heterocycles. The van der Waals surface area contributed by atoms with Crippen molar-refractivity contribution in [2.75, 3.05) is 40.9 Å². The normalized spacial score (nSPS) is 20.6. The Kier molecular flexibility index (Phi) is 6.58. The second-order valence-electron chi connectivity index (χ2n) is 8.30. The van der Waals surface area contributed by atoms with E-state index in [2.05, 4.69) is 23.3 Å². The van der Waals surface area contributed by atoms with Gasteiger partial charge in [-0.1, -0.05) is 11.6 Å². The summed E-state index contributed by atoms with van der Waals surface area (Å²) in [4.78, 5) is 14.8. The van der Waals surface area contributed by atoms with Gasteiger partial charge >= 0.3 is 0 Å². The summed E-state index contributed by atoms with van der Waals surface area (Å²) in [6.07, 6.45) is 2.58. The van der Waals surface area contributed by atoms with Crippen molar-refractivity contribution in [3.8, 4) is 28.4 Å². The fraction of sp³-hybridized carbons (Fsp3) is 0.458. The summed E-state index contributed by atoms with van der Waals surface area (Å²) in [6, 6.07) is 9.65. The van der Waals surface area contributed by atoms with Crippen LogP contribution in [0.4, 0.5) is 0 Å². The van der Waals surface area contributed by atoms with Crippen LogP contribution in [-0.2, 0) is 11.2 Å². The number of hydrogen-bond donors (Lipinski definition) is 1. The first-order valence-electron chi connectivity index (χ1n) is 10.7. The molecular formula is C24H29ClN2O4. The summed E-state index contributed by atoms with van der Waals surface area (Å²) >= 11 is 6.57. The Labute approximate surface area is 188 Å². The monoisotopic (exact) mass is 444 g/mol. The van der Waals surface area contributed by atoms with Crippen LogP contribution in [0.1, 0.15) is 18.4 Å². The van der Waals surface area contributed by atoms with E-state index in [1.165, 1.54) is 0 Å². The van der Waals surface area contributed by atoms with Gasteiger partial charge in [0.25, 0.3) is 0 Å². The minimum absolute atomic E-state index is 0.0539. The molecule has 1 N–H and O–H groups in total. The zero-order valence-corrected chi connectivity index (χ0v) is 19.0. The summed E-state index contributed by atoms with van der Waals surface area (Å²) in [7, 11) is 5.35. The van der Waals surface area contributed by atoms with Crippen molar-refractivity contribution in [2.24, 2.45) is 5.92 Å². The van der Waals surface area contributed by atoms with Crippen LogP contribution in [0.3, 0.4) is 0 Å². The number of piperidine rings is 1. The lowest BCUT2D eigenvalue weighted by Crippen LogP contribution is -2.44. The van der Waals surface area contributed by atoms with Crippen molar-refractivity contribution in [3.05, 3.63) is 40.9 Å². The molecule has 31 heavy (non-hydrogen) atoms. The molecule has 2 aliphatic heterocycles. The summed E-state index contributed by atoms with van der Waals surface area (Å²) in [5, 5.41) is 3.63. The fourth-order valence-corrected chi connectivity index (χ4v) is 4.72. The second-order valence-corrected chi connectivity index (χ2v) is 8.71. The molecular weight excluding hydrogens is 416 g/mol. The van der Waals surface area contributed by atoms with Gasteiger partial charge in [0.05, 0.1) is 31.7 Å². The van der Waals surface area contributed by atoms with Crippen LogP contribution in [0, 0.1) is 5.92 Å². The number of methoxy groups -OCH3 is 2. The lowest BCUT2D eigenvalue weighted by molar-refractivity contribution is -0.126. The first-order valence-corrected chi connectivity index (χ1v) is 11.0. The van der Waals surface area contributed by atoms with E-state index < -0.39 is 0 Å². The number of benzene rings is 2. The molecule has 0 aliphatic carbocycles. The number of rotatable bonds is 6.